The summed E-state index contributed by atoms with van der Waals surface area (Å²) in [6.45, 7) is 9.75. The summed E-state index contributed by atoms with van der Waals surface area (Å²) in [7, 11) is 0. The first-order valence-corrected chi connectivity index (χ1v) is 9.71. The number of nitrogens with zero attached hydrogens (tertiary/aromatic N) is 2. The van der Waals surface area contributed by atoms with Crippen LogP contribution in [0.2, 0.25) is 0 Å². The summed E-state index contributed by atoms with van der Waals surface area (Å²) in [5.41, 5.74) is 8.57. The fourth-order valence-electron chi connectivity index (χ4n) is 3.83. The molecule has 0 aliphatic carbocycles. The molecule has 25 heavy (non-hydrogen) atoms. The molecular formula is C20H27N3OS. The molecule has 5 heteroatoms. The van der Waals surface area contributed by atoms with E-state index in [9.17, 15) is 4.79 Å². The first-order valence-electron chi connectivity index (χ1n) is 8.89. The third-order valence-electron chi connectivity index (χ3n) is 5.32. The molecule has 1 aliphatic heterocycles. The van der Waals surface area contributed by atoms with Gasteiger partial charge in [0.2, 0.25) is 0 Å². The van der Waals surface area contributed by atoms with Gasteiger partial charge >= 0.3 is 0 Å². The Kier molecular flexibility index (Phi) is 4.98. The van der Waals surface area contributed by atoms with E-state index in [1.54, 1.807) is 11.3 Å². The van der Waals surface area contributed by atoms with Gasteiger partial charge in [-0.25, -0.2) is 4.98 Å². The lowest BCUT2D eigenvalue weighted by Crippen LogP contribution is -2.45. The van der Waals surface area contributed by atoms with Gasteiger partial charge in [-0.15, -0.1) is 11.3 Å². The molecule has 1 aliphatic rings. The topological polar surface area (TPSA) is 59.2 Å². The highest BCUT2D eigenvalue weighted by atomic mass is 32.1. The number of hydrogen-bond acceptors (Lipinski definition) is 4. The van der Waals surface area contributed by atoms with Crippen molar-refractivity contribution >= 4 is 17.2 Å². The lowest BCUT2D eigenvalue weighted by atomic mass is 9.82. The van der Waals surface area contributed by atoms with Crippen LogP contribution in [-0.4, -0.2) is 34.4 Å². The maximum atomic E-state index is 13.2. The van der Waals surface area contributed by atoms with Crippen LogP contribution in [0.25, 0.3) is 0 Å². The lowest BCUT2D eigenvalue weighted by molar-refractivity contribution is 0.0629. The van der Waals surface area contributed by atoms with Gasteiger partial charge in [-0.2, -0.15) is 0 Å². The minimum Gasteiger partial charge on any atom is -0.332 e. The summed E-state index contributed by atoms with van der Waals surface area (Å²) >= 11 is 1.59. The van der Waals surface area contributed by atoms with Gasteiger partial charge in [0.05, 0.1) is 5.01 Å². The summed E-state index contributed by atoms with van der Waals surface area (Å²) in [6.07, 6.45) is 1.72. The van der Waals surface area contributed by atoms with Crippen molar-refractivity contribution in [1.29, 1.82) is 0 Å². The quantitative estimate of drug-likeness (QED) is 0.908. The fourth-order valence-corrected chi connectivity index (χ4v) is 4.77. The van der Waals surface area contributed by atoms with Crippen molar-refractivity contribution in [2.45, 2.75) is 52.0 Å². The Morgan fingerprint density at radius 3 is 2.64 bits per heavy atom. The molecule has 134 valence electrons. The van der Waals surface area contributed by atoms with Crippen LogP contribution in [0.15, 0.2) is 24.3 Å². The highest BCUT2D eigenvalue weighted by molar-refractivity contribution is 7.11. The van der Waals surface area contributed by atoms with Crippen molar-refractivity contribution in [1.82, 2.24) is 9.88 Å². The lowest BCUT2D eigenvalue weighted by Gasteiger charge is -2.36. The second kappa shape index (κ2) is 6.89. The van der Waals surface area contributed by atoms with E-state index in [0.717, 1.165) is 29.3 Å². The molecule has 0 bridgehead atoms. The van der Waals surface area contributed by atoms with Gasteiger partial charge in [0.1, 0.15) is 5.69 Å². The Morgan fingerprint density at radius 1 is 1.32 bits per heavy atom. The number of thiazole rings is 1. The minimum absolute atomic E-state index is 0.0524. The second-order valence-electron chi connectivity index (χ2n) is 7.41. The van der Waals surface area contributed by atoms with Crippen LogP contribution in [0.1, 0.15) is 57.7 Å². The van der Waals surface area contributed by atoms with Crippen LogP contribution >= 0.6 is 11.3 Å². The standard InChI is InChI=1S/C20H27N3OS/c1-13-5-7-15(8-6-13)16-10-12-23(20(16,3)4)19(24)18-14(2)25-17(22-18)9-11-21/h5-8,16H,9-12,21H2,1-4H3. The van der Waals surface area contributed by atoms with Crippen molar-refractivity contribution in [3.8, 4) is 0 Å². The molecule has 1 fully saturated rings. The molecular weight excluding hydrogens is 330 g/mol. The van der Waals surface area contributed by atoms with Gasteiger partial charge in [-0.1, -0.05) is 29.8 Å². The first-order chi connectivity index (χ1) is 11.8. The zero-order valence-electron chi connectivity index (χ0n) is 15.5. The van der Waals surface area contributed by atoms with Crippen molar-refractivity contribution in [3.63, 3.8) is 0 Å². The SMILES string of the molecule is Cc1ccc(C2CCN(C(=O)c3nc(CCN)sc3C)C2(C)C)cc1. The van der Waals surface area contributed by atoms with Crippen molar-refractivity contribution in [3.05, 3.63) is 51.0 Å². The molecule has 0 saturated carbocycles. The maximum Gasteiger partial charge on any atom is 0.274 e. The van der Waals surface area contributed by atoms with E-state index in [4.69, 9.17) is 5.73 Å². The van der Waals surface area contributed by atoms with E-state index in [1.165, 1.54) is 11.1 Å². The van der Waals surface area contributed by atoms with Crippen LogP contribution in [0.5, 0.6) is 0 Å². The van der Waals surface area contributed by atoms with E-state index < -0.39 is 0 Å². The Hall–Kier alpha value is -1.72. The molecule has 0 radical (unpaired) electrons. The minimum atomic E-state index is -0.226. The van der Waals surface area contributed by atoms with Crippen molar-refractivity contribution in [2.24, 2.45) is 5.73 Å². The second-order valence-corrected chi connectivity index (χ2v) is 8.70. The molecule has 3 rings (SSSR count). The van der Waals surface area contributed by atoms with Crippen molar-refractivity contribution in [2.75, 3.05) is 13.1 Å². The van der Waals surface area contributed by atoms with Crippen LogP contribution < -0.4 is 5.73 Å². The van der Waals surface area contributed by atoms with E-state index in [2.05, 4.69) is 50.0 Å². The first kappa shape index (κ1) is 18.1. The third-order valence-corrected chi connectivity index (χ3v) is 6.35. The average Bonchev–Trinajstić information content (AvgIpc) is 3.07. The Bertz CT molecular complexity index is 764. The highest BCUT2D eigenvalue weighted by Gasteiger charge is 2.45. The predicted octanol–water partition coefficient (Wildman–Crippen LogP) is 3.67. The van der Waals surface area contributed by atoms with Crippen LogP contribution in [0.4, 0.5) is 0 Å². The number of carbonyl (C=O) groups is 1. The average molecular weight is 358 g/mol. The van der Waals surface area contributed by atoms with Gasteiger partial charge in [0.15, 0.2) is 0 Å². The number of amides is 1. The smallest absolute Gasteiger partial charge is 0.274 e. The number of likely N-dealkylation sites (tertiary alicyclic amines) is 1. The van der Waals surface area contributed by atoms with E-state index >= 15 is 0 Å². The Labute approximate surface area is 154 Å². The summed E-state index contributed by atoms with van der Waals surface area (Å²) in [6, 6.07) is 8.70. The molecule has 2 N–H and O–H groups in total. The molecule has 0 spiro atoms. The Balaban J connectivity index is 1.86. The monoisotopic (exact) mass is 357 g/mol. The van der Waals surface area contributed by atoms with E-state index in [0.29, 0.717) is 18.2 Å². The largest absolute Gasteiger partial charge is 0.332 e. The van der Waals surface area contributed by atoms with Gasteiger partial charge in [-0.05, 0) is 46.2 Å². The number of aromatic nitrogens is 1. The molecule has 2 aromatic rings. The van der Waals surface area contributed by atoms with E-state index in [-0.39, 0.29) is 11.4 Å². The van der Waals surface area contributed by atoms with Gasteiger partial charge < -0.3 is 10.6 Å². The zero-order chi connectivity index (χ0) is 18.2. The normalized spacial score (nSPS) is 19.4. The third kappa shape index (κ3) is 3.35. The van der Waals surface area contributed by atoms with Crippen LogP contribution in [-0.2, 0) is 6.42 Å². The predicted molar refractivity (Wildman–Crippen MR) is 103 cm³/mol. The zero-order valence-corrected chi connectivity index (χ0v) is 16.3. The van der Waals surface area contributed by atoms with Crippen LogP contribution in [0, 0.1) is 13.8 Å². The summed E-state index contributed by atoms with van der Waals surface area (Å²) in [5.74, 6) is 0.399. The Morgan fingerprint density at radius 2 is 2.00 bits per heavy atom. The summed E-state index contributed by atoms with van der Waals surface area (Å²) in [5, 5.41) is 0.954. The molecule has 1 atom stereocenters. The molecule has 4 nitrogen and oxygen atoms in total. The fraction of sp³-hybridized carbons (Fsp3) is 0.500. The molecule has 2 heterocycles. The number of benzene rings is 1. The summed E-state index contributed by atoms with van der Waals surface area (Å²) < 4.78 is 0. The molecule has 1 saturated heterocycles. The number of nitrogens with two attached hydrogens (primary N) is 1. The molecule has 1 aromatic heterocycles. The van der Waals surface area contributed by atoms with Gasteiger partial charge in [0.25, 0.3) is 5.91 Å². The molecule has 1 aromatic carbocycles. The van der Waals surface area contributed by atoms with Crippen molar-refractivity contribution < 1.29 is 4.79 Å². The van der Waals surface area contributed by atoms with Gasteiger partial charge in [-0.3, -0.25) is 4.79 Å². The number of carbonyl (C=O) groups excluding carboxylic acids is 1. The molecule has 1 unspecified atom stereocenters. The highest BCUT2D eigenvalue weighted by Crippen LogP contribution is 2.42. The maximum absolute atomic E-state index is 13.2. The molecule has 1 amide bonds. The van der Waals surface area contributed by atoms with E-state index in [1.807, 2.05) is 11.8 Å². The number of rotatable bonds is 4. The van der Waals surface area contributed by atoms with Gasteiger partial charge in [0, 0.05) is 29.3 Å². The van der Waals surface area contributed by atoms with Crippen LogP contribution in [0.3, 0.4) is 0 Å². The number of hydrogen-bond donors (Lipinski definition) is 1. The summed E-state index contributed by atoms with van der Waals surface area (Å²) in [4.78, 5) is 20.7. The number of aryl methyl sites for hydroxylation is 2.